The van der Waals surface area contributed by atoms with Crippen molar-refractivity contribution in [2.75, 3.05) is 5.32 Å². The molecule has 1 aromatic heterocycles. The smallest absolute Gasteiger partial charge is 0.184 e. The number of halogens is 3. The van der Waals surface area contributed by atoms with E-state index in [0.717, 1.165) is 16.7 Å². The van der Waals surface area contributed by atoms with E-state index in [4.69, 9.17) is 0 Å². The van der Waals surface area contributed by atoms with Crippen LogP contribution in [0.2, 0.25) is 0 Å². The van der Waals surface area contributed by atoms with Crippen LogP contribution in [0.1, 0.15) is 5.56 Å². The van der Waals surface area contributed by atoms with Crippen LogP contribution in [-0.4, -0.2) is 4.98 Å². The minimum absolute atomic E-state index is 0.212. The largest absolute Gasteiger partial charge is 0.357 e. The van der Waals surface area contributed by atoms with Crippen LogP contribution in [0.3, 0.4) is 0 Å². The zero-order valence-electron chi connectivity index (χ0n) is 8.01. The van der Waals surface area contributed by atoms with Crippen molar-refractivity contribution in [2.24, 2.45) is 0 Å². The summed E-state index contributed by atoms with van der Waals surface area (Å²) in [5.74, 6) is -0.872. The van der Waals surface area contributed by atoms with Gasteiger partial charge in [0.15, 0.2) is 5.13 Å². The highest BCUT2D eigenvalue weighted by atomic mass is 79.9. The first-order valence-electron chi connectivity index (χ1n) is 4.44. The summed E-state index contributed by atoms with van der Waals surface area (Å²) >= 11 is 4.60. The van der Waals surface area contributed by atoms with E-state index in [0.29, 0.717) is 5.13 Å². The lowest BCUT2D eigenvalue weighted by Crippen LogP contribution is -2.01. The van der Waals surface area contributed by atoms with Gasteiger partial charge in [-0.3, -0.25) is 0 Å². The second-order valence-electron chi connectivity index (χ2n) is 3.06. The molecule has 1 N–H and O–H groups in total. The Kier molecular flexibility index (Phi) is 3.50. The predicted molar refractivity (Wildman–Crippen MR) is 63.5 cm³/mol. The number of benzene rings is 1. The molecule has 2 nitrogen and oxygen atoms in total. The molecule has 0 amide bonds. The highest BCUT2D eigenvalue weighted by Gasteiger charge is 2.05. The number of hydrogen-bond donors (Lipinski definition) is 1. The Morgan fingerprint density at radius 3 is 2.88 bits per heavy atom. The molecule has 1 heterocycles. The molecule has 0 radical (unpaired) electrons. The SMILES string of the molecule is Fc1ccc(F)c(CNc2nc(Br)cs2)c1. The molecule has 16 heavy (non-hydrogen) atoms. The number of hydrogen-bond acceptors (Lipinski definition) is 3. The molecule has 2 aromatic rings. The molecule has 0 bridgehead atoms. The van der Waals surface area contributed by atoms with Crippen molar-refractivity contribution >= 4 is 32.4 Å². The molecule has 0 atom stereocenters. The van der Waals surface area contributed by atoms with Crippen molar-refractivity contribution in [2.45, 2.75) is 6.54 Å². The third-order valence-corrected chi connectivity index (χ3v) is 3.42. The topological polar surface area (TPSA) is 24.9 Å². The summed E-state index contributed by atoms with van der Waals surface area (Å²) in [6.07, 6.45) is 0. The van der Waals surface area contributed by atoms with Crippen molar-refractivity contribution in [3.05, 3.63) is 45.4 Å². The first-order chi connectivity index (χ1) is 7.65. The molecule has 84 valence electrons. The van der Waals surface area contributed by atoms with Crippen LogP contribution >= 0.6 is 27.3 Å². The lowest BCUT2D eigenvalue weighted by molar-refractivity contribution is 0.587. The van der Waals surface area contributed by atoms with Crippen LogP contribution in [0.15, 0.2) is 28.2 Å². The zero-order chi connectivity index (χ0) is 11.5. The summed E-state index contributed by atoms with van der Waals surface area (Å²) in [6, 6.07) is 3.38. The monoisotopic (exact) mass is 304 g/mol. The van der Waals surface area contributed by atoms with Gasteiger partial charge in [-0.25, -0.2) is 13.8 Å². The van der Waals surface area contributed by atoms with Gasteiger partial charge in [0.1, 0.15) is 16.2 Å². The zero-order valence-corrected chi connectivity index (χ0v) is 10.4. The summed E-state index contributed by atoms with van der Waals surface area (Å²) in [6.45, 7) is 0.212. The summed E-state index contributed by atoms with van der Waals surface area (Å²) < 4.78 is 26.8. The van der Waals surface area contributed by atoms with Gasteiger partial charge >= 0.3 is 0 Å². The second-order valence-corrected chi connectivity index (χ2v) is 4.74. The maximum atomic E-state index is 13.2. The molecule has 0 aliphatic heterocycles. The average Bonchev–Trinajstić information content (AvgIpc) is 2.66. The number of nitrogens with zero attached hydrogens (tertiary/aromatic N) is 1. The van der Waals surface area contributed by atoms with Crippen molar-refractivity contribution in [3.63, 3.8) is 0 Å². The molecule has 0 saturated heterocycles. The third kappa shape index (κ3) is 2.76. The van der Waals surface area contributed by atoms with E-state index in [2.05, 4.69) is 26.2 Å². The molecule has 6 heteroatoms. The van der Waals surface area contributed by atoms with E-state index < -0.39 is 11.6 Å². The Morgan fingerprint density at radius 1 is 1.38 bits per heavy atom. The first-order valence-corrected chi connectivity index (χ1v) is 6.11. The van der Waals surface area contributed by atoms with Crippen molar-refractivity contribution in [3.8, 4) is 0 Å². The minimum atomic E-state index is -0.446. The molecule has 0 aliphatic rings. The van der Waals surface area contributed by atoms with E-state index in [9.17, 15) is 8.78 Å². The molecule has 0 unspecified atom stereocenters. The molecule has 0 aliphatic carbocycles. The van der Waals surface area contributed by atoms with Gasteiger partial charge in [-0.15, -0.1) is 11.3 Å². The van der Waals surface area contributed by atoms with Crippen LogP contribution in [0.4, 0.5) is 13.9 Å². The van der Waals surface area contributed by atoms with E-state index in [1.807, 2.05) is 5.38 Å². The fourth-order valence-corrected chi connectivity index (χ4v) is 2.33. The standard InChI is InChI=1S/C10H7BrF2N2S/c11-9-5-16-10(15-9)14-4-6-3-7(12)1-2-8(6)13/h1-3,5H,4H2,(H,14,15). The Hall–Kier alpha value is -1.01. The quantitative estimate of drug-likeness (QED) is 0.933. The highest BCUT2D eigenvalue weighted by molar-refractivity contribution is 9.10. The molecular weight excluding hydrogens is 298 g/mol. The Bertz CT molecular complexity index is 501. The summed E-state index contributed by atoms with van der Waals surface area (Å²) in [5, 5.41) is 5.39. The normalized spacial score (nSPS) is 10.4. The second kappa shape index (κ2) is 4.88. The van der Waals surface area contributed by atoms with Crippen LogP contribution in [0.25, 0.3) is 0 Å². The Morgan fingerprint density at radius 2 is 2.19 bits per heavy atom. The first kappa shape index (κ1) is 11.5. The van der Waals surface area contributed by atoms with Gasteiger partial charge in [-0.05, 0) is 34.1 Å². The van der Waals surface area contributed by atoms with Crippen LogP contribution < -0.4 is 5.32 Å². The number of aromatic nitrogens is 1. The molecular formula is C10H7BrF2N2S. The van der Waals surface area contributed by atoms with Crippen LogP contribution in [0.5, 0.6) is 0 Å². The van der Waals surface area contributed by atoms with Gasteiger partial charge in [-0.2, -0.15) is 0 Å². The Labute approximate surface area is 103 Å². The van der Waals surface area contributed by atoms with Gasteiger partial charge in [-0.1, -0.05) is 0 Å². The number of nitrogens with one attached hydrogen (secondary N) is 1. The Balaban J connectivity index is 2.07. The van der Waals surface area contributed by atoms with E-state index >= 15 is 0 Å². The molecule has 0 fully saturated rings. The number of rotatable bonds is 3. The summed E-state index contributed by atoms with van der Waals surface area (Å²) in [7, 11) is 0. The van der Waals surface area contributed by atoms with E-state index in [-0.39, 0.29) is 12.1 Å². The minimum Gasteiger partial charge on any atom is -0.357 e. The average molecular weight is 305 g/mol. The van der Waals surface area contributed by atoms with Crippen LogP contribution in [0, 0.1) is 11.6 Å². The van der Waals surface area contributed by atoms with E-state index in [1.54, 1.807) is 0 Å². The lowest BCUT2D eigenvalue weighted by atomic mass is 10.2. The fraction of sp³-hybridized carbons (Fsp3) is 0.100. The molecule has 2 rings (SSSR count). The third-order valence-electron chi connectivity index (χ3n) is 1.91. The summed E-state index contributed by atoms with van der Waals surface area (Å²) in [4.78, 5) is 4.09. The summed E-state index contributed by atoms with van der Waals surface area (Å²) in [5.41, 5.74) is 0.284. The lowest BCUT2D eigenvalue weighted by Gasteiger charge is -2.04. The van der Waals surface area contributed by atoms with Crippen molar-refractivity contribution in [1.29, 1.82) is 0 Å². The molecule has 0 saturated carbocycles. The van der Waals surface area contributed by atoms with Crippen LogP contribution in [-0.2, 0) is 6.54 Å². The van der Waals surface area contributed by atoms with Gasteiger partial charge in [0.2, 0.25) is 0 Å². The van der Waals surface area contributed by atoms with E-state index in [1.165, 1.54) is 17.4 Å². The molecule has 1 aromatic carbocycles. The van der Waals surface area contributed by atoms with Gasteiger partial charge in [0.05, 0.1) is 0 Å². The molecule has 0 spiro atoms. The number of anilines is 1. The van der Waals surface area contributed by atoms with Gasteiger partial charge in [0.25, 0.3) is 0 Å². The van der Waals surface area contributed by atoms with Gasteiger partial charge in [0, 0.05) is 17.5 Å². The van der Waals surface area contributed by atoms with Gasteiger partial charge < -0.3 is 5.32 Å². The maximum Gasteiger partial charge on any atom is 0.184 e. The van der Waals surface area contributed by atoms with Crippen molar-refractivity contribution < 1.29 is 8.78 Å². The fourth-order valence-electron chi connectivity index (χ4n) is 1.18. The predicted octanol–water partition coefficient (Wildman–Crippen LogP) is 3.80. The van der Waals surface area contributed by atoms with Crippen molar-refractivity contribution in [1.82, 2.24) is 4.98 Å². The highest BCUT2D eigenvalue weighted by Crippen LogP contribution is 2.20. The number of thiazole rings is 1. The maximum absolute atomic E-state index is 13.2.